The summed E-state index contributed by atoms with van der Waals surface area (Å²) in [5.41, 5.74) is -0.176. The average Bonchev–Trinajstić information content (AvgIpc) is 3.34. The molecular formula is C26H35ClF3N3O5S. The minimum atomic E-state index is -4.51. The van der Waals surface area contributed by atoms with Crippen LogP contribution in [0.5, 0.6) is 0 Å². The highest BCUT2D eigenvalue weighted by Crippen LogP contribution is 2.32. The molecule has 1 atom stereocenters. The standard InChI is InChI=1S/C25H31ClF3N3O2.CH4O3S/c1-18(2)16-34-17-23(31-11-3-4-12-31)15-32(22-10-5-7-19(13-22)25(27,28)29)24(33)30-21-9-6-8-20(26)14-21;1-5(2,3)4/h5-10,13-14,18,23H,3-4,11-12,15-17H2,1-2H3,(H,30,33);1H3,(H,2,3,4). The molecule has 2 amide bonds. The number of urea groups is 1. The lowest BCUT2D eigenvalue weighted by atomic mass is 10.1. The molecule has 1 fully saturated rings. The Morgan fingerprint density at radius 1 is 1.13 bits per heavy atom. The molecule has 8 nitrogen and oxygen atoms in total. The lowest BCUT2D eigenvalue weighted by Gasteiger charge is -2.33. The zero-order chi connectivity index (χ0) is 29.2. The van der Waals surface area contributed by atoms with Crippen LogP contribution in [0.2, 0.25) is 5.02 Å². The summed E-state index contributed by atoms with van der Waals surface area (Å²) in [6.45, 7) is 6.98. The monoisotopic (exact) mass is 593 g/mol. The smallest absolute Gasteiger partial charge is 0.379 e. The second kappa shape index (κ2) is 14.8. The Balaban J connectivity index is 0.000000976. The van der Waals surface area contributed by atoms with Crippen molar-refractivity contribution >= 4 is 39.1 Å². The maximum absolute atomic E-state index is 13.4. The first kappa shape index (κ1) is 32.8. The number of hydrogen-bond donors (Lipinski definition) is 2. The molecule has 13 heteroatoms. The van der Waals surface area contributed by atoms with Crippen molar-refractivity contribution in [2.45, 2.75) is 38.9 Å². The van der Waals surface area contributed by atoms with Gasteiger partial charge in [-0.2, -0.15) is 21.6 Å². The van der Waals surface area contributed by atoms with Crippen molar-refractivity contribution in [3.63, 3.8) is 0 Å². The van der Waals surface area contributed by atoms with E-state index in [1.54, 1.807) is 24.3 Å². The van der Waals surface area contributed by atoms with Gasteiger partial charge in [-0.25, -0.2) is 4.79 Å². The third-order valence-corrected chi connectivity index (χ3v) is 5.85. The van der Waals surface area contributed by atoms with Gasteiger partial charge in [0, 0.05) is 29.5 Å². The molecule has 0 aromatic heterocycles. The molecule has 1 aliphatic heterocycles. The van der Waals surface area contributed by atoms with Crippen LogP contribution in [0.4, 0.5) is 29.3 Å². The molecule has 2 N–H and O–H groups in total. The Kier molecular flexibility index (Phi) is 12.5. The van der Waals surface area contributed by atoms with Gasteiger partial charge in [0.1, 0.15) is 0 Å². The molecule has 1 heterocycles. The SMILES string of the molecule is CC(C)COCC(CN(C(=O)Nc1cccc(Cl)c1)c1cccc(C(F)(F)F)c1)N1CCCC1.CS(=O)(=O)O. The molecule has 1 saturated heterocycles. The van der Waals surface area contributed by atoms with Gasteiger partial charge in [0.2, 0.25) is 0 Å². The van der Waals surface area contributed by atoms with Gasteiger partial charge in [0.15, 0.2) is 0 Å². The van der Waals surface area contributed by atoms with Gasteiger partial charge in [-0.05, 0) is 68.2 Å². The van der Waals surface area contributed by atoms with E-state index in [9.17, 15) is 26.4 Å². The van der Waals surface area contributed by atoms with Gasteiger partial charge in [-0.1, -0.05) is 37.6 Å². The Morgan fingerprint density at radius 3 is 2.31 bits per heavy atom. The number of carbonyl (C=O) groups is 1. The molecule has 0 bridgehead atoms. The highest BCUT2D eigenvalue weighted by Gasteiger charge is 2.32. The summed E-state index contributed by atoms with van der Waals surface area (Å²) in [6.07, 6.45) is -1.72. The van der Waals surface area contributed by atoms with E-state index in [-0.39, 0.29) is 18.3 Å². The van der Waals surface area contributed by atoms with Gasteiger partial charge >= 0.3 is 12.2 Å². The Bertz CT molecular complexity index is 1170. The predicted octanol–water partition coefficient (Wildman–Crippen LogP) is 6.04. The molecule has 39 heavy (non-hydrogen) atoms. The fourth-order valence-corrected chi connectivity index (χ4v) is 4.13. The third-order valence-electron chi connectivity index (χ3n) is 5.62. The van der Waals surface area contributed by atoms with Gasteiger partial charge in [-0.15, -0.1) is 0 Å². The van der Waals surface area contributed by atoms with E-state index in [1.807, 2.05) is 0 Å². The normalized spacial score (nSPS) is 15.0. The summed E-state index contributed by atoms with van der Waals surface area (Å²) in [5.74, 6) is 0.352. The minimum Gasteiger partial charge on any atom is -0.379 e. The number of rotatable bonds is 9. The van der Waals surface area contributed by atoms with E-state index < -0.39 is 27.9 Å². The third kappa shape index (κ3) is 12.6. The number of hydrogen-bond acceptors (Lipinski definition) is 5. The molecule has 0 spiro atoms. The largest absolute Gasteiger partial charge is 0.416 e. The molecule has 0 aliphatic carbocycles. The molecular weight excluding hydrogens is 559 g/mol. The lowest BCUT2D eigenvalue weighted by Crippen LogP contribution is -2.49. The van der Waals surface area contributed by atoms with Crippen molar-refractivity contribution in [1.82, 2.24) is 4.90 Å². The predicted molar refractivity (Wildman–Crippen MR) is 147 cm³/mol. The summed E-state index contributed by atoms with van der Waals surface area (Å²) in [4.78, 5) is 17.0. The number of alkyl halides is 3. The number of benzene rings is 2. The van der Waals surface area contributed by atoms with Crippen molar-refractivity contribution < 1.29 is 35.7 Å². The molecule has 1 aliphatic rings. The summed E-state index contributed by atoms with van der Waals surface area (Å²) in [7, 11) is -3.67. The van der Waals surface area contributed by atoms with Crippen LogP contribution in [-0.2, 0) is 21.0 Å². The maximum Gasteiger partial charge on any atom is 0.416 e. The molecule has 3 rings (SSSR count). The molecule has 218 valence electrons. The lowest BCUT2D eigenvalue weighted by molar-refractivity contribution is -0.137. The number of likely N-dealkylation sites (tertiary alicyclic amines) is 1. The van der Waals surface area contributed by atoms with Crippen molar-refractivity contribution in [3.05, 3.63) is 59.1 Å². The van der Waals surface area contributed by atoms with E-state index in [1.165, 1.54) is 17.0 Å². The first-order valence-corrected chi connectivity index (χ1v) is 14.6. The number of nitrogens with one attached hydrogen (secondary N) is 1. The van der Waals surface area contributed by atoms with Crippen LogP contribution in [-0.4, -0.2) is 69.0 Å². The van der Waals surface area contributed by atoms with Crippen molar-refractivity contribution in [1.29, 1.82) is 0 Å². The number of carbonyl (C=O) groups excluding carboxylic acids is 1. The Labute approximate surface area is 232 Å². The van der Waals surface area contributed by atoms with Crippen LogP contribution < -0.4 is 10.2 Å². The number of ether oxygens (including phenoxy) is 1. The highest BCUT2D eigenvalue weighted by molar-refractivity contribution is 7.85. The summed E-state index contributed by atoms with van der Waals surface area (Å²) in [6, 6.07) is 10.8. The van der Waals surface area contributed by atoms with E-state index in [0.29, 0.717) is 36.1 Å². The Morgan fingerprint density at radius 2 is 1.74 bits per heavy atom. The molecule has 1 unspecified atom stereocenters. The van der Waals surface area contributed by atoms with Gasteiger partial charge in [0.25, 0.3) is 10.1 Å². The number of halogens is 4. The minimum absolute atomic E-state index is 0.152. The van der Waals surface area contributed by atoms with Crippen molar-refractivity contribution in [3.8, 4) is 0 Å². The van der Waals surface area contributed by atoms with Crippen LogP contribution in [0, 0.1) is 5.92 Å². The molecule has 0 saturated carbocycles. The van der Waals surface area contributed by atoms with E-state index in [4.69, 9.17) is 20.9 Å². The zero-order valence-electron chi connectivity index (χ0n) is 22.1. The van der Waals surface area contributed by atoms with Crippen molar-refractivity contribution in [2.75, 3.05) is 49.3 Å². The van der Waals surface area contributed by atoms with Gasteiger partial charge in [-0.3, -0.25) is 14.4 Å². The first-order chi connectivity index (χ1) is 18.1. The van der Waals surface area contributed by atoms with Crippen LogP contribution in [0.15, 0.2) is 48.5 Å². The number of anilines is 2. The fourth-order valence-electron chi connectivity index (χ4n) is 3.94. The van der Waals surface area contributed by atoms with E-state index in [0.717, 1.165) is 38.1 Å². The van der Waals surface area contributed by atoms with Crippen LogP contribution >= 0.6 is 11.6 Å². The van der Waals surface area contributed by atoms with Crippen LogP contribution in [0.3, 0.4) is 0 Å². The second-order valence-electron chi connectivity index (χ2n) is 9.66. The zero-order valence-corrected chi connectivity index (χ0v) is 23.7. The first-order valence-electron chi connectivity index (χ1n) is 12.4. The van der Waals surface area contributed by atoms with Gasteiger partial charge < -0.3 is 10.1 Å². The molecule has 0 radical (unpaired) electrons. The quantitative estimate of drug-likeness (QED) is 0.344. The number of amides is 2. The Hall–Kier alpha value is -2.38. The number of nitrogens with zero attached hydrogens (tertiary/aromatic N) is 2. The molecule has 2 aromatic carbocycles. The van der Waals surface area contributed by atoms with E-state index in [2.05, 4.69) is 24.1 Å². The topological polar surface area (TPSA) is 99.2 Å². The maximum atomic E-state index is 13.4. The average molecular weight is 594 g/mol. The highest BCUT2D eigenvalue weighted by atomic mass is 35.5. The second-order valence-corrected chi connectivity index (χ2v) is 11.6. The van der Waals surface area contributed by atoms with Gasteiger partial charge in [0.05, 0.1) is 24.5 Å². The summed E-state index contributed by atoms with van der Waals surface area (Å²) in [5, 5.41) is 3.22. The fraction of sp³-hybridized carbons (Fsp3) is 0.500. The van der Waals surface area contributed by atoms with Crippen LogP contribution in [0.25, 0.3) is 0 Å². The summed E-state index contributed by atoms with van der Waals surface area (Å²) >= 11 is 6.04. The summed E-state index contributed by atoms with van der Waals surface area (Å²) < 4.78 is 72.0. The molecule has 2 aromatic rings. The van der Waals surface area contributed by atoms with Crippen LogP contribution in [0.1, 0.15) is 32.3 Å². The van der Waals surface area contributed by atoms with E-state index >= 15 is 0 Å². The van der Waals surface area contributed by atoms with Crippen molar-refractivity contribution in [2.24, 2.45) is 5.92 Å².